The quantitative estimate of drug-likeness (QED) is 0.754. The van der Waals surface area contributed by atoms with Gasteiger partial charge in [0, 0.05) is 5.41 Å². The number of aliphatic carboxylic acids is 1. The molecule has 0 aliphatic heterocycles. The molecule has 6 heteroatoms. The second kappa shape index (κ2) is 4.58. The minimum Gasteiger partial charge on any atom is -0.480 e. The summed E-state index contributed by atoms with van der Waals surface area (Å²) in [6.07, 6.45) is 0. The minimum atomic E-state index is -1.13. The SMILES string of the molecule is COC(=O)c1ccc(C(C)(C)C(N)C(=O)O)o1. The fourth-order valence-corrected chi connectivity index (χ4v) is 1.36. The van der Waals surface area contributed by atoms with Crippen LogP contribution in [-0.4, -0.2) is 30.2 Å². The lowest BCUT2D eigenvalue weighted by atomic mass is 9.82. The Morgan fingerprint density at radius 1 is 1.47 bits per heavy atom. The Morgan fingerprint density at radius 2 is 2.06 bits per heavy atom. The van der Waals surface area contributed by atoms with Crippen LogP contribution in [0.3, 0.4) is 0 Å². The number of carbonyl (C=O) groups excluding carboxylic acids is 1. The van der Waals surface area contributed by atoms with Crippen LogP contribution in [0.2, 0.25) is 0 Å². The predicted molar refractivity (Wildman–Crippen MR) is 58.7 cm³/mol. The molecule has 0 amide bonds. The minimum absolute atomic E-state index is 0.0214. The van der Waals surface area contributed by atoms with Crippen LogP contribution in [0.25, 0.3) is 0 Å². The van der Waals surface area contributed by atoms with Crippen molar-refractivity contribution in [3.63, 3.8) is 0 Å². The summed E-state index contributed by atoms with van der Waals surface area (Å²) in [6, 6.07) is 1.83. The summed E-state index contributed by atoms with van der Waals surface area (Å²) in [4.78, 5) is 22.1. The molecule has 0 saturated heterocycles. The molecule has 1 atom stereocenters. The molecule has 0 aliphatic carbocycles. The van der Waals surface area contributed by atoms with Crippen molar-refractivity contribution in [2.24, 2.45) is 5.73 Å². The second-order valence-corrected chi connectivity index (χ2v) is 4.19. The largest absolute Gasteiger partial charge is 0.480 e. The van der Waals surface area contributed by atoms with Gasteiger partial charge in [-0.05, 0) is 12.1 Å². The van der Waals surface area contributed by atoms with Crippen molar-refractivity contribution < 1.29 is 23.8 Å². The van der Waals surface area contributed by atoms with Crippen LogP contribution in [0.4, 0.5) is 0 Å². The molecule has 94 valence electrons. The molecule has 3 N–H and O–H groups in total. The summed E-state index contributed by atoms with van der Waals surface area (Å²) in [5.74, 6) is -1.40. The second-order valence-electron chi connectivity index (χ2n) is 4.19. The zero-order valence-electron chi connectivity index (χ0n) is 9.89. The number of carboxylic acid groups (broad SMARTS) is 1. The van der Waals surface area contributed by atoms with Crippen LogP contribution in [0.5, 0.6) is 0 Å². The third-order valence-corrected chi connectivity index (χ3v) is 2.67. The Balaban J connectivity index is 3.04. The van der Waals surface area contributed by atoms with Crippen molar-refractivity contribution in [1.82, 2.24) is 0 Å². The first-order valence-electron chi connectivity index (χ1n) is 4.97. The van der Waals surface area contributed by atoms with Crippen molar-refractivity contribution >= 4 is 11.9 Å². The molecule has 0 spiro atoms. The molecular weight excluding hydrogens is 226 g/mol. The van der Waals surface area contributed by atoms with Gasteiger partial charge in [0.2, 0.25) is 5.76 Å². The highest BCUT2D eigenvalue weighted by atomic mass is 16.5. The molecule has 0 fully saturated rings. The number of methoxy groups -OCH3 is 1. The average Bonchev–Trinajstić information content (AvgIpc) is 2.76. The number of hydrogen-bond donors (Lipinski definition) is 2. The van der Waals surface area contributed by atoms with Gasteiger partial charge in [-0.15, -0.1) is 0 Å². The Morgan fingerprint density at radius 3 is 2.53 bits per heavy atom. The first-order valence-corrected chi connectivity index (χ1v) is 4.97. The average molecular weight is 241 g/mol. The fraction of sp³-hybridized carbons (Fsp3) is 0.455. The van der Waals surface area contributed by atoms with Crippen molar-refractivity contribution in [2.45, 2.75) is 25.3 Å². The number of hydrogen-bond acceptors (Lipinski definition) is 5. The van der Waals surface area contributed by atoms with Crippen LogP contribution >= 0.6 is 0 Å². The number of esters is 1. The smallest absolute Gasteiger partial charge is 0.373 e. The van der Waals surface area contributed by atoms with E-state index in [-0.39, 0.29) is 5.76 Å². The number of nitrogens with two attached hydrogens (primary N) is 1. The number of carboxylic acids is 1. The molecule has 1 unspecified atom stereocenters. The normalized spacial score (nSPS) is 13.2. The molecule has 0 bridgehead atoms. The summed E-state index contributed by atoms with van der Waals surface area (Å²) in [5.41, 5.74) is 4.65. The van der Waals surface area contributed by atoms with Gasteiger partial charge in [-0.1, -0.05) is 13.8 Å². The zero-order chi connectivity index (χ0) is 13.2. The van der Waals surface area contributed by atoms with Crippen LogP contribution < -0.4 is 5.73 Å². The van der Waals surface area contributed by atoms with E-state index in [2.05, 4.69) is 4.74 Å². The van der Waals surface area contributed by atoms with Gasteiger partial charge in [0.25, 0.3) is 0 Å². The maximum absolute atomic E-state index is 11.2. The van der Waals surface area contributed by atoms with Crippen molar-refractivity contribution in [3.05, 3.63) is 23.7 Å². The topological polar surface area (TPSA) is 103 Å². The number of furan rings is 1. The van der Waals surface area contributed by atoms with Gasteiger partial charge in [0.15, 0.2) is 0 Å². The van der Waals surface area contributed by atoms with Crippen molar-refractivity contribution in [2.75, 3.05) is 7.11 Å². The molecule has 0 saturated carbocycles. The Labute approximate surface area is 98.4 Å². The number of rotatable bonds is 4. The fourth-order valence-electron chi connectivity index (χ4n) is 1.36. The van der Waals surface area contributed by atoms with E-state index in [1.54, 1.807) is 13.8 Å². The van der Waals surface area contributed by atoms with E-state index in [4.69, 9.17) is 15.3 Å². The number of ether oxygens (including phenoxy) is 1. The van der Waals surface area contributed by atoms with E-state index >= 15 is 0 Å². The summed E-state index contributed by atoms with van der Waals surface area (Å²) in [5, 5.41) is 8.88. The van der Waals surface area contributed by atoms with E-state index < -0.39 is 23.4 Å². The van der Waals surface area contributed by atoms with E-state index in [1.165, 1.54) is 19.2 Å². The summed E-state index contributed by atoms with van der Waals surface area (Å²) in [7, 11) is 1.23. The number of carbonyl (C=O) groups is 2. The third kappa shape index (κ3) is 2.47. The molecular formula is C11H15NO5. The Kier molecular flexibility index (Phi) is 3.57. The monoisotopic (exact) mass is 241 g/mol. The Bertz CT molecular complexity index is 435. The third-order valence-electron chi connectivity index (χ3n) is 2.67. The molecule has 0 aromatic carbocycles. The van der Waals surface area contributed by atoms with Gasteiger partial charge >= 0.3 is 11.9 Å². The highest BCUT2D eigenvalue weighted by Gasteiger charge is 2.37. The maximum atomic E-state index is 11.2. The van der Waals surface area contributed by atoms with Crippen LogP contribution in [0.15, 0.2) is 16.5 Å². The lowest BCUT2D eigenvalue weighted by Crippen LogP contribution is -2.46. The van der Waals surface area contributed by atoms with E-state index in [0.717, 1.165) is 0 Å². The van der Waals surface area contributed by atoms with Crippen LogP contribution in [0.1, 0.15) is 30.2 Å². The van der Waals surface area contributed by atoms with Gasteiger partial charge < -0.3 is 20.0 Å². The standard InChI is InChI=1S/C11H15NO5/c1-11(2,8(12)9(13)14)7-5-4-6(17-7)10(15)16-3/h4-5,8H,12H2,1-3H3,(H,13,14). The molecule has 0 aliphatic rings. The van der Waals surface area contributed by atoms with Gasteiger partial charge in [-0.3, -0.25) is 4.79 Å². The van der Waals surface area contributed by atoms with Gasteiger partial charge in [-0.2, -0.15) is 0 Å². The molecule has 1 aromatic rings. The molecule has 17 heavy (non-hydrogen) atoms. The Hall–Kier alpha value is -1.82. The highest BCUT2D eigenvalue weighted by Crippen LogP contribution is 2.28. The van der Waals surface area contributed by atoms with E-state index in [1.807, 2.05) is 0 Å². The molecule has 6 nitrogen and oxygen atoms in total. The molecule has 1 rings (SSSR count). The summed E-state index contributed by atoms with van der Waals surface area (Å²) < 4.78 is 9.74. The van der Waals surface area contributed by atoms with Crippen LogP contribution in [0, 0.1) is 0 Å². The highest BCUT2D eigenvalue weighted by molar-refractivity contribution is 5.86. The van der Waals surface area contributed by atoms with E-state index in [9.17, 15) is 9.59 Å². The predicted octanol–water partition coefficient (Wildman–Crippen LogP) is 0.756. The lowest BCUT2D eigenvalue weighted by molar-refractivity contribution is -0.140. The summed E-state index contributed by atoms with van der Waals surface area (Å²) >= 11 is 0. The van der Waals surface area contributed by atoms with Crippen molar-refractivity contribution in [3.8, 4) is 0 Å². The van der Waals surface area contributed by atoms with Gasteiger partial charge in [-0.25, -0.2) is 4.79 Å². The van der Waals surface area contributed by atoms with Crippen LogP contribution in [-0.2, 0) is 14.9 Å². The molecule has 0 radical (unpaired) electrons. The first-order chi connectivity index (χ1) is 7.80. The maximum Gasteiger partial charge on any atom is 0.373 e. The van der Waals surface area contributed by atoms with E-state index in [0.29, 0.717) is 5.76 Å². The van der Waals surface area contributed by atoms with Gasteiger partial charge in [0.1, 0.15) is 11.8 Å². The molecule has 1 aromatic heterocycles. The van der Waals surface area contributed by atoms with Gasteiger partial charge in [0.05, 0.1) is 7.11 Å². The lowest BCUT2D eigenvalue weighted by Gasteiger charge is -2.26. The molecule has 1 heterocycles. The zero-order valence-corrected chi connectivity index (χ0v) is 9.89. The first kappa shape index (κ1) is 13.2. The van der Waals surface area contributed by atoms with Crippen molar-refractivity contribution in [1.29, 1.82) is 0 Å². The summed E-state index contributed by atoms with van der Waals surface area (Å²) in [6.45, 7) is 3.26.